The van der Waals surface area contributed by atoms with Crippen molar-refractivity contribution in [1.29, 1.82) is 0 Å². The van der Waals surface area contributed by atoms with E-state index >= 15 is 0 Å². The predicted molar refractivity (Wildman–Crippen MR) is 69.6 cm³/mol. The fraction of sp³-hybridized carbons (Fsp3) is 0.167. The number of benzene rings is 1. The summed E-state index contributed by atoms with van der Waals surface area (Å²) in [6, 6.07) is 4.10. The molecule has 0 radical (unpaired) electrons. The summed E-state index contributed by atoms with van der Waals surface area (Å²) < 4.78 is 23.9. The van der Waals surface area contributed by atoms with Crippen LogP contribution in [0.1, 0.15) is 0 Å². The second-order valence-corrected chi connectivity index (χ2v) is 3.90. The molecule has 0 spiro atoms. The van der Waals surface area contributed by atoms with Crippen molar-refractivity contribution in [3.8, 4) is 17.4 Å². The van der Waals surface area contributed by atoms with Crippen molar-refractivity contribution in [2.75, 3.05) is 19.5 Å². The van der Waals surface area contributed by atoms with Crippen molar-refractivity contribution in [2.24, 2.45) is 0 Å². The molecule has 0 saturated carbocycles. The van der Waals surface area contributed by atoms with E-state index in [1.165, 1.54) is 31.6 Å². The molecule has 7 heteroatoms. The van der Waals surface area contributed by atoms with E-state index in [0.717, 1.165) is 0 Å². The van der Waals surface area contributed by atoms with Crippen LogP contribution in [-0.4, -0.2) is 24.1 Å². The maximum atomic E-state index is 13.3. The molecule has 0 aliphatic carbocycles. The Kier molecular flexibility index (Phi) is 4.01. The van der Waals surface area contributed by atoms with Gasteiger partial charge in [0.2, 0.25) is 5.75 Å². The topological polar surface area (TPSA) is 56.3 Å². The summed E-state index contributed by atoms with van der Waals surface area (Å²) in [6.45, 7) is 0. The first-order chi connectivity index (χ1) is 9.15. The van der Waals surface area contributed by atoms with Crippen LogP contribution in [0, 0.1) is 5.82 Å². The van der Waals surface area contributed by atoms with Gasteiger partial charge in [-0.1, -0.05) is 11.6 Å². The van der Waals surface area contributed by atoms with Crippen LogP contribution in [0.3, 0.4) is 0 Å². The highest BCUT2D eigenvalue weighted by Gasteiger charge is 2.13. The standard InChI is InChI=1S/C12H11ClFN3O2/c1-15-11-10(18-2)12(17-6-16-11)19-7-3-4-8(13)9(14)5-7/h3-6H,1-2H3,(H,15,16,17). The fourth-order valence-electron chi connectivity index (χ4n) is 1.44. The molecule has 0 aliphatic heterocycles. The number of methoxy groups -OCH3 is 1. The molecule has 0 fully saturated rings. The molecule has 0 aliphatic rings. The van der Waals surface area contributed by atoms with Crippen LogP contribution in [0.4, 0.5) is 10.2 Å². The number of hydrogen-bond donors (Lipinski definition) is 1. The van der Waals surface area contributed by atoms with Gasteiger partial charge in [-0.3, -0.25) is 0 Å². The van der Waals surface area contributed by atoms with E-state index in [9.17, 15) is 4.39 Å². The second kappa shape index (κ2) is 5.71. The van der Waals surface area contributed by atoms with Gasteiger partial charge in [0, 0.05) is 13.1 Å². The first-order valence-electron chi connectivity index (χ1n) is 5.35. The molecule has 5 nitrogen and oxygen atoms in total. The Morgan fingerprint density at radius 3 is 2.74 bits per heavy atom. The lowest BCUT2D eigenvalue weighted by molar-refractivity contribution is 0.368. The van der Waals surface area contributed by atoms with E-state index in [0.29, 0.717) is 11.6 Å². The minimum atomic E-state index is -0.568. The Hall–Kier alpha value is -2.08. The average Bonchev–Trinajstić information content (AvgIpc) is 2.42. The number of nitrogens with one attached hydrogen (secondary N) is 1. The second-order valence-electron chi connectivity index (χ2n) is 3.49. The quantitative estimate of drug-likeness (QED) is 0.934. The van der Waals surface area contributed by atoms with Gasteiger partial charge < -0.3 is 14.8 Å². The summed E-state index contributed by atoms with van der Waals surface area (Å²) in [5.74, 6) is 0.688. The van der Waals surface area contributed by atoms with Gasteiger partial charge in [-0.05, 0) is 12.1 Å². The molecule has 0 bridgehead atoms. The van der Waals surface area contributed by atoms with Gasteiger partial charge in [0.15, 0.2) is 5.82 Å². The van der Waals surface area contributed by atoms with E-state index in [2.05, 4.69) is 15.3 Å². The molecular weight excluding hydrogens is 273 g/mol. The van der Waals surface area contributed by atoms with E-state index in [4.69, 9.17) is 21.1 Å². The molecule has 2 rings (SSSR count). The van der Waals surface area contributed by atoms with Gasteiger partial charge >= 0.3 is 0 Å². The van der Waals surface area contributed by atoms with Crippen molar-refractivity contribution in [3.05, 3.63) is 35.4 Å². The van der Waals surface area contributed by atoms with Gasteiger partial charge in [0.25, 0.3) is 5.88 Å². The SMILES string of the molecule is CNc1ncnc(Oc2ccc(Cl)c(F)c2)c1OC. The molecule has 0 amide bonds. The van der Waals surface area contributed by atoms with E-state index in [-0.39, 0.29) is 16.7 Å². The molecule has 1 aromatic carbocycles. The minimum absolute atomic E-state index is 0.0258. The summed E-state index contributed by atoms with van der Waals surface area (Å²) in [4.78, 5) is 7.93. The number of rotatable bonds is 4. The smallest absolute Gasteiger partial charge is 0.268 e. The average molecular weight is 284 g/mol. The van der Waals surface area contributed by atoms with E-state index in [1.54, 1.807) is 7.05 Å². The minimum Gasteiger partial charge on any atom is -0.489 e. The zero-order valence-electron chi connectivity index (χ0n) is 10.3. The third-order valence-electron chi connectivity index (χ3n) is 2.32. The Balaban J connectivity index is 2.35. The first kappa shape index (κ1) is 13.4. The van der Waals surface area contributed by atoms with Gasteiger partial charge in [-0.2, -0.15) is 4.98 Å². The Labute approximate surface area is 114 Å². The lowest BCUT2D eigenvalue weighted by Gasteiger charge is -2.11. The van der Waals surface area contributed by atoms with Crippen molar-refractivity contribution < 1.29 is 13.9 Å². The Bertz CT molecular complexity index is 595. The number of hydrogen-bond acceptors (Lipinski definition) is 5. The number of nitrogens with zero attached hydrogens (tertiary/aromatic N) is 2. The number of ether oxygens (including phenoxy) is 2. The fourth-order valence-corrected chi connectivity index (χ4v) is 1.56. The van der Waals surface area contributed by atoms with Gasteiger partial charge in [0.05, 0.1) is 12.1 Å². The Morgan fingerprint density at radius 2 is 2.11 bits per heavy atom. The Morgan fingerprint density at radius 1 is 1.32 bits per heavy atom. The lowest BCUT2D eigenvalue weighted by Crippen LogP contribution is -2.01. The molecule has 0 saturated heterocycles. The number of halogens is 2. The molecular formula is C12H11ClFN3O2. The summed E-state index contributed by atoms with van der Waals surface area (Å²) >= 11 is 5.60. The lowest BCUT2D eigenvalue weighted by atomic mass is 10.3. The summed E-state index contributed by atoms with van der Waals surface area (Å²) in [7, 11) is 3.16. The van der Waals surface area contributed by atoms with Gasteiger partial charge in [-0.25, -0.2) is 9.37 Å². The van der Waals surface area contributed by atoms with Crippen molar-refractivity contribution >= 4 is 17.4 Å². The molecule has 19 heavy (non-hydrogen) atoms. The first-order valence-corrected chi connectivity index (χ1v) is 5.73. The van der Waals surface area contributed by atoms with Crippen LogP contribution in [0.2, 0.25) is 5.02 Å². The normalized spacial score (nSPS) is 10.1. The monoisotopic (exact) mass is 283 g/mol. The van der Waals surface area contributed by atoms with Crippen LogP contribution < -0.4 is 14.8 Å². The van der Waals surface area contributed by atoms with Crippen molar-refractivity contribution in [1.82, 2.24) is 9.97 Å². The molecule has 1 heterocycles. The number of anilines is 1. The van der Waals surface area contributed by atoms with Gasteiger partial charge in [0.1, 0.15) is 17.9 Å². The molecule has 1 aromatic heterocycles. The number of aromatic nitrogens is 2. The van der Waals surface area contributed by atoms with Gasteiger partial charge in [-0.15, -0.1) is 0 Å². The molecule has 100 valence electrons. The maximum Gasteiger partial charge on any atom is 0.268 e. The third-order valence-corrected chi connectivity index (χ3v) is 2.62. The highest BCUT2D eigenvalue weighted by molar-refractivity contribution is 6.30. The zero-order valence-corrected chi connectivity index (χ0v) is 11.0. The van der Waals surface area contributed by atoms with Crippen LogP contribution in [0.5, 0.6) is 17.4 Å². The largest absolute Gasteiger partial charge is 0.489 e. The van der Waals surface area contributed by atoms with E-state index < -0.39 is 5.82 Å². The summed E-state index contributed by atoms with van der Waals surface area (Å²) in [5.41, 5.74) is 0. The van der Waals surface area contributed by atoms with Crippen molar-refractivity contribution in [3.63, 3.8) is 0 Å². The highest BCUT2D eigenvalue weighted by atomic mass is 35.5. The third kappa shape index (κ3) is 2.85. The van der Waals surface area contributed by atoms with Crippen LogP contribution in [0.25, 0.3) is 0 Å². The van der Waals surface area contributed by atoms with E-state index in [1.807, 2.05) is 0 Å². The molecule has 0 atom stereocenters. The summed E-state index contributed by atoms with van der Waals surface area (Å²) in [6.07, 6.45) is 1.32. The van der Waals surface area contributed by atoms with Crippen LogP contribution in [-0.2, 0) is 0 Å². The zero-order chi connectivity index (χ0) is 13.8. The summed E-state index contributed by atoms with van der Waals surface area (Å²) in [5, 5.41) is 2.87. The van der Waals surface area contributed by atoms with Crippen LogP contribution >= 0.6 is 11.6 Å². The maximum absolute atomic E-state index is 13.3. The molecule has 2 aromatic rings. The highest BCUT2D eigenvalue weighted by Crippen LogP contribution is 2.34. The molecule has 1 N–H and O–H groups in total. The van der Waals surface area contributed by atoms with Crippen LogP contribution in [0.15, 0.2) is 24.5 Å². The molecule has 0 unspecified atom stereocenters. The van der Waals surface area contributed by atoms with Crippen molar-refractivity contribution in [2.45, 2.75) is 0 Å². The predicted octanol–water partition coefficient (Wildman–Crippen LogP) is 3.11.